The van der Waals surface area contributed by atoms with E-state index in [2.05, 4.69) is 10.1 Å². The summed E-state index contributed by atoms with van der Waals surface area (Å²) in [6.07, 6.45) is -0.111. The number of carbonyl (C=O) groups is 2. The van der Waals surface area contributed by atoms with E-state index in [1.54, 1.807) is 0 Å². The second-order valence-electron chi connectivity index (χ2n) is 1.48. The highest BCUT2D eigenvalue weighted by atomic mass is 35.5. The lowest BCUT2D eigenvalue weighted by Gasteiger charge is -2.00. The fourth-order valence-corrected chi connectivity index (χ4v) is 0.335. The molecule has 66 valence electrons. The van der Waals surface area contributed by atoms with Gasteiger partial charge in [0.1, 0.15) is 6.61 Å². The third-order valence-corrected chi connectivity index (χ3v) is 0.696. The van der Waals surface area contributed by atoms with Gasteiger partial charge in [-0.2, -0.15) is 0 Å². The topological polar surface area (TPSA) is 81.4 Å². The minimum atomic E-state index is -0.613. The molecule has 0 unspecified atom stereocenters. The van der Waals surface area contributed by atoms with Gasteiger partial charge in [-0.3, -0.25) is 4.79 Å². The van der Waals surface area contributed by atoms with E-state index in [0.29, 0.717) is 19.4 Å². The first kappa shape index (κ1) is 12.8. The summed E-state index contributed by atoms with van der Waals surface area (Å²) in [5.74, 6) is 0. The smallest absolute Gasteiger partial charge is 0.407 e. The zero-order chi connectivity index (χ0) is 7.82. The number of alkyl carbamates (subject to hydrolysis) is 1. The molecule has 0 saturated heterocycles. The minimum absolute atomic E-state index is 0. The highest BCUT2D eigenvalue weighted by Gasteiger charge is 1.96. The maximum absolute atomic E-state index is 10.4. The molecule has 0 aliphatic rings. The molecule has 0 bridgehead atoms. The Bertz CT molecular complexity index is 120. The summed E-state index contributed by atoms with van der Waals surface area (Å²) in [7, 11) is 0. The van der Waals surface area contributed by atoms with Crippen molar-refractivity contribution in [2.45, 2.75) is 0 Å². The Kier molecular flexibility index (Phi) is 10.7. The summed E-state index contributed by atoms with van der Waals surface area (Å²) in [6, 6.07) is 0. The van der Waals surface area contributed by atoms with E-state index in [9.17, 15) is 9.59 Å². The summed E-state index contributed by atoms with van der Waals surface area (Å²) >= 11 is 0. The van der Waals surface area contributed by atoms with Crippen LogP contribution in [0.25, 0.3) is 0 Å². The highest BCUT2D eigenvalue weighted by molar-refractivity contribution is 5.85. The van der Waals surface area contributed by atoms with Crippen molar-refractivity contribution < 1.29 is 14.3 Å². The van der Waals surface area contributed by atoms with Crippen molar-refractivity contribution in [2.24, 2.45) is 5.73 Å². The van der Waals surface area contributed by atoms with Crippen LogP contribution in [0.1, 0.15) is 0 Å². The van der Waals surface area contributed by atoms with E-state index in [4.69, 9.17) is 5.73 Å². The summed E-state index contributed by atoms with van der Waals surface area (Å²) in [5, 5.41) is 2.32. The number of rotatable bonds is 4. The maximum atomic E-state index is 10.4. The fourth-order valence-electron chi connectivity index (χ4n) is 0.335. The molecule has 0 saturated carbocycles. The first-order valence-electron chi connectivity index (χ1n) is 2.85. The number of carbonyl (C=O) groups excluding carboxylic acids is 2. The van der Waals surface area contributed by atoms with Crippen LogP contribution < -0.4 is 11.1 Å². The quantitative estimate of drug-likeness (QED) is 0.563. The van der Waals surface area contributed by atoms with Crippen molar-refractivity contribution in [3.63, 3.8) is 0 Å². The molecule has 0 aromatic carbocycles. The summed E-state index contributed by atoms with van der Waals surface area (Å²) in [6.45, 7) is 0.504. The highest BCUT2D eigenvalue weighted by Crippen LogP contribution is 1.72. The molecule has 0 atom stereocenters. The third kappa shape index (κ3) is 9.19. The summed E-state index contributed by atoms with van der Waals surface area (Å²) in [4.78, 5) is 20.1. The molecule has 0 heterocycles. The van der Waals surface area contributed by atoms with Crippen molar-refractivity contribution in [3.8, 4) is 0 Å². The number of hydrogen-bond acceptors (Lipinski definition) is 4. The Hall–Kier alpha value is -0.810. The number of amides is 1. The molecule has 3 N–H and O–H groups in total. The number of aldehydes is 1. The molecular weight excluding hydrogens is 172 g/mol. The predicted octanol–water partition coefficient (Wildman–Crippen LogP) is -0.708. The van der Waals surface area contributed by atoms with Gasteiger partial charge in [0.2, 0.25) is 0 Å². The van der Waals surface area contributed by atoms with Crippen LogP contribution in [0.3, 0.4) is 0 Å². The molecule has 0 aromatic heterocycles. The molecule has 0 radical (unpaired) electrons. The van der Waals surface area contributed by atoms with Crippen LogP contribution in [0, 0.1) is 0 Å². The van der Waals surface area contributed by atoms with Gasteiger partial charge in [-0.15, -0.1) is 12.4 Å². The Balaban J connectivity index is 0. The SMILES string of the molecule is Cl.NCCNC(=O)OCC=O. The predicted molar refractivity (Wildman–Crippen MR) is 41.7 cm³/mol. The van der Waals surface area contributed by atoms with Crippen LogP contribution in [-0.2, 0) is 9.53 Å². The number of ether oxygens (including phenoxy) is 1. The largest absolute Gasteiger partial charge is 0.442 e. The Labute approximate surface area is 70.7 Å². The molecule has 1 amide bonds. The van der Waals surface area contributed by atoms with Gasteiger partial charge in [0.15, 0.2) is 6.29 Å². The summed E-state index contributed by atoms with van der Waals surface area (Å²) < 4.78 is 4.32. The van der Waals surface area contributed by atoms with Crippen molar-refractivity contribution in [2.75, 3.05) is 19.7 Å². The summed E-state index contributed by atoms with van der Waals surface area (Å²) in [5.41, 5.74) is 5.07. The van der Waals surface area contributed by atoms with E-state index in [1.807, 2.05) is 0 Å². The van der Waals surface area contributed by atoms with Crippen molar-refractivity contribution >= 4 is 24.8 Å². The van der Waals surface area contributed by atoms with Gasteiger partial charge in [-0.05, 0) is 0 Å². The van der Waals surface area contributed by atoms with Gasteiger partial charge in [-0.25, -0.2) is 4.79 Å². The molecule has 0 rings (SSSR count). The molecule has 11 heavy (non-hydrogen) atoms. The van der Waals surface area contributed by atoms with E-state index in [0.717, 1.165) is 0 Å². The molecular formula is C5H11ClN2O3. The van der Waals surface area contributed by atoms with Gasteiger partial charge in [0.05, 0.1) is 0 Å². The molecule has 0 aromatic rings. The zero-order valence-electron chi connectivity index (χ0n) is 5.91. The van der Waals surface area contributed by atoms with Crippen LogP contribution >= 0.6 is 12.4 Å². The Morgan fingerprint density at radius 3 is 2.73 bits per heavy atom. The zero-order valence-corrected chi connectivity index (χ0v) is 6.73. The third-order valence-electron chi connectivity index (χ3n) is 0.696. The standard InChI is InChI=1S/C5H10N2O3.ClH/c6-1-2-7-5(9)10-4-3-8;/h3H,1-2,4,6H2,(H,7,9);1H. The monoisotopic (exact) mass is 182 g/mol. The second-order valence-corrected chi connectivity index (χ2v) is 1.48. The number of nitrogens with one attached hydrogen (secondary N) is 1. The normalized spacial score (nSPS) is 7.73. The number of nitrogens with two attached hydrogens (primary N) is 1. The molecule has 0 aliphatic carbocycles. The van der Waals surface area contributed by atoms with Crippen LogP contribution in [0.4, 0.5) is 4.79 Å². The van der Waals surface area contributed by atoms with Gasteiger partial charge in [0, 0.05) is 13.1 Å². The van der Waals surface area contributed by atoms with Crippen molar-refractivity contribution in [3.05, 3.63) is 0 Å². The van der Waals surface area contributed by atoms with Crippen LogP contribution in [0.2, 0.25) is 0 Å². The van der Waals surface area contributed by atoms with E-state index >= 15 is 0 Å². The van der Waals surface area contributed by atoms with E-state index < -0.39 is 6.09 Å². The number of halogens is 1. The molecule has 0 fully saturated rings. The molecule has 6 heteroatoms. The minimum Gasteiger partial charge on any atom is -0.442 e. The first-order valence-corrected chi connectivity index (χ1v) is 2.85. The second kappa shape index (κ2) is 9.19. The van der Waals surface area contributed by atoms with Crippen LogP contribution in [0.5, 0.6) is 0 Å². The van der Waals surface area contributed by atoms with Gasteiger partial charge in [0.25, 0.3) is 0 Å². The Morgan fingerprint density at radius 1 is 1.64 bits per heavy atom. The van der Waals surface area contributed by atoms with E-state index in [1.165, 1.54) is 0 Å². The van der Waals surface area contributed by atoms with Gasteiger partial charge < -0.3 is 15.8 Å². The first-order chi connectivity index (χ1) is 4.81. The van der Waals surface area contributed by atoms with Gasteiger partial charge >= 0.3 is 6.09 Å². The average Bonchev–Trinajstić information content (AvgIpc) is 1.97. The van der Waals surface area contributed by atoms with Crippen molar-refractivity contribution in [1.29, 1.82) is 0 Å². The fraction of sp³-hybridized carbons (Fsp3) is 0.600. The average molecular weight is 183 g/mol. The lowest BCUT2D eigenvalue weighted by molar-refractivity contribution is -0.110. The van der Waals surface area contributed by atoms with Crippen LogP contribution in [0.15, 0.2) is 0 Å². The molecule has 0 aliphatic heterocycles. The maximum Gasteiger partial charge on any atom is 0.407 e. The van der Waals surface area contributed by atoms with E-state index in [-0.39, 0.29) is 19.0 Å². The lowest BCUT2D eigenvalue weighted by atomic mass is 10.6. The van der Waals surface area contributed by atoms with Gasteiger partial charge in [-0.1, -0.05) is 0 Å². The Morgan fingerprint density at radius 2 is 2.27 bits per heavy atom. The molecule has 5 nitrogen and oxygen atoms in total. The molecule has 0 spiro atoms. The lowest BCUT2D eigenvalue weighted by Crippen LogP contribution is -2.29. The number of hydrogen-bond donors (Lipinski definition) is 2. The van der Waals surface area contributed by atoms with Crippen molar-refractivity contribution in [1.82, 2.24) is 5.32 Å². The van der Waals surface area contributed by atoms with Crippen LogP contribution in [-0.4, -0.2) is 32.1 Å².